The van der Waals surface area contributed by atoms with Crippen LogP contribution >= 0.6 is 0 Å². The molecule has 0 bridgehead atoms. The Morgan fingerprint density at radius 3 is 3.11 bits per heavy atom. The van der Waals surface area contributed by atoms with E-state index in [4.69, 9.17) is 0 Å². The number of halogens is 1. The van der Waals surface area contributed by atoms with Gasteiger partial charge in [-0.05, 0) is 76.0 Å². The second-order valence-electron chi connectivity index (χ2n) is 5.60. The van der Waals surface area contributed by atoms with Crippen LogP contribution < -0.4 is 5.32 Å². The van der Waals surface area contributed by atoms with Gasteiger partial charge in [0.25, 0.3) is 0 Å². The fraction of sp³-hybridized carbons (Fsp3) is 0.625. The Labute approximate surface area is 116 Å². The summed E-state index contributed by atoms with van der Waals surface area (Å²) in [6, 6.07) is 6.98. The molecule has 1 aromatic carbocycles. The molecule has 1 atom stereocenters. The van der Waals surface area contributed by atoms with E-state index in [2.05, 4.69) is 10.2 Å². The maximum Gasteiger partial charge on any atom is 0.123 e. The van der Waals surface area contributed by atoms with Crippen molar-refractivity contribution in [2.75, 3.05) is 33.2 Å². The summed E-state index contributed by atoms with van der Waals surface area (Å²) in [5, 5.41) is 3.28. The zero-order valence-corrected chi connectivity index (χ0v) is 11.9. The number of rotatable bonds is 6. The molecule has 1 heterocycles. The molecule has 0 radical (unpaired) electrons. The highest BCUT2D eigenvalue weighted by Gasteiger charge is 2.18. The molecular weight excluding hydrogens is 239 g/mol. The van der Waals surface area contributed by atoms with E-state index < -0.39 is 0 Å². The predicted molar refractivity (Wildman–Crippen MR) is 77.8 cm³/mol. The molecule has 1 unspecified atom stereocenters. The van der Waals surface area contributed by atoms with Crippen LogP contribution in [0.4, 0.5) is 4.39 Å². The van der Waals surface area contributed by atoms with Gasteiger partial charge in [-0.15, -0.1) is 0 Å². The molecular formula is C16H25FN2. The van der Waals surface area contributed by atoms with E-state index in [0.717, 1.165) is 37.4 Å². The van der Waals surface area contributed by atoms with Gasteiger partial charge in [0.05, 0.1) is 0 Å². The summed E-state index contributed by atoms with van der Waals surface area (Å²) >= 11 is 0. The lowest BCUT2D eigenvalue weighted by Crippen LogP contribution is -2.39. The first kappa shape index (κ1) is 14.5. The van der Waals surface area contributed by atoms with Gasteiger partial charge in [0.2, 0.25) is 0 Å². The largest absolute Gasteiger partial charge is 0.319 e. The Morgan fingerprint density at radius 2 is 2.32 bits per heavy atom. The molecule has 1 aliphatic heterocycles. The van der Waals surface area contributed by atoms with Crippen molar-refractivity contribution in [2.45, 2.75) is 25.7 Å². The van der Waals surface area contributed by atoms with Crippen LogP contribution in [0.15, 0.2) is 24.3 Å². The lowest BCUT2D eigenvalue weighted by molar-refractivity contribution is 0.172. The van der Waals surface area contributed by atoms with Crippen LogP contribution in [0.3, 0.4) is 0 Å². The number of hydrogen-bond donors (Lipinski definition) is 1. The highest BCUT2D eigenvalue weighted by Crippen LogP contribution is 2.16. The van der Waals surface area contributed by atoms with Crippen molar-refractivity contribution in [3.8, 4) is 0 Å². The van der Waals surface area contributed by atoms with Gasteiger partial charge in [-0.2, -0.15) is 0 Å². The van der Waals surface area contributed by atoms with Crippen molar-refractivity contribution < 1.29 is 4.39 Å². The summed E-state index contributed by atoms with van der Waals surface area (Å²) in [6.45, 7) is 4.70. The van der Waals surface area contributed by atoms with E-state index in [-0.39, 0.29) is 5.82 Å². The number of nitrogens with zero attached hydrogens (tertiary/aromatic N) is 1. The highest BCUT2D eigenvalue weighted by atomic mass is 19.1. The summed E-state index contributed by atoms with van der Waals surface area (Å²) in [6.07, 6.45) is 4.76. The zero-order chi connectivity index (χ0) is 13.5. The van der Waals surface area contributed by atoms with E-state index >= 15 is 0 Å². The summed E-state index contributed by atoms with van der Waals surface area (Å²) in [4.78, 5) is 2.56. The third kappa shape index (κ3) is 4.92. The molecule has 1 aromatic rings. The molecule has 2 rings (SSSR count). The Hall–Kier alpha value is -0.930. The van der Waals surface area contributed by atoms with Gasteiger partial charge >= 0.3 is 0 Å². The molecule has 3 heteroatoms. The SMILES string of the molecule is CNCC1CCCN(CCCc2cccc(F)c2)C1. The first-order valence-electron chi connectivity index (χ1n) is 7.39. The molecule has 106 valence electrons. The van der Waals surface area contributed by atoms with Gasteiger partial charge in [0.1, 0.15) is 5.82 Å². The first-order chi connectivity index (χ1) is 9.28. The Kier molecular flexibility index (Phi) is 5.80. The molecule has 2 nitrogen and oxygen atoms in total. The van der Waals surface area contributed by atoms with Crippen LogP contribution in [0, 0.1) is 11.7 Å². The molecule has 1 saturated heterocycles. The van der Waals surface area contributed by atoms with Gasteiger partial charge in [0, 0.05) is 6.54 Å². The summed E-state index contributed by atoms with van der Waals surface area (Å²) in [7, 11) is 2.03. The number of piperidine rings is 1. The monoisotopic (exact) mass is 264 g/mol. The van der Waals surface area contributed by atoms with Crippen LogP contribution in [0.1, 0.15) is 24.8 Å². The topological polar surface area (TPSA) is 15.3 Å². The van der Waals surface area contributed by atoms with Crippen molar-refractivity contribution in [1.29, 1.82) is 0 Å². The van der Waals surface area contributed by atoms with Gasteiger partial charge in [-0.1, -0.05) is 12.1 Å². The van der Waals surface area contributed by atoms with Gasteiger partial charge in [-0.25, -0.2) is 4.39 Å². The molecule has 0 saturated carbocycles. The van der Waals surface area contributed by atoms with Crippen LogP contribution in [0.5, 0.6) is 0 Å². The molecule has 1 aliphatic rings. The van der Waals surface area contributed by atoms with Crippen molar-refractivity contribution in [2.24, 2.45) is 5.92 Å². The third-order valence-electron chi connectivity index (χ3n) is 3.92. The van der Waals surface area contributed by atoms with Crippen molar-refractivity contribution >= 4 is 0 Å². The average molecular weight is 264 g/mol. The summed E-state index contributed by atoms with van der Waals surface area (Å²) in [5.41, 5.74) is 1.11. The number of aryl methyl sites for hydroxylation is 1. The lowest BCUT2D eigenvalue weighted by atomic mass is 9.97. The maximum atomic E-state index is 13.1. The fourth-order valence-electron chi connectivity index (χ4n) is 3.01. The summed E-state index contributed by atoms with van der Waals surface area (Å²) in [5.74, 6) is 0.678. The fourth-order valence-corrected chi connectivity index (χ4v) is 3.01. The molecule has 19 heavy (non-hydrogen) atoms. The minimum Gasteiger partial charge on any atom is -0.319 e. The number of nitrogens with one attached hydrogen (secondary N) is 1. The molecule has 0 aromatic heterocycles. The Morgan fingerprint density at radius 1 is 1.42 bits per heavy atom. The maximum absolute atomic E-state index is 13.1. The second kappa shape index (κ2) is 7.61. The zero-order valence-electron chi connectivity index (χ0n) is 11.9. The normalized spacial score (nSPS) is 20.6. The van der Waals surface area contributed by atoms with Crippen LogP contribution in [-0.2, 0) is 6.42 Å². The highest BCUT2D eigenvalue weighted by molar-refractivity contribution is 5.16. The van der Waals surface area contributed by atoms with E-state index in [1.54, 1.807) is 12.1 Å². The van der Waals surface area contributed by atoms with Crippen molar-refractivity contribution in [3.05, 3.63) is 35.6 Å². The van der Waals surface area contributed by atoms with Crippen LogP contribution in [0.2, 0.25) is 0 Å². The molecule has 0 aliphatic carbocycles. The molecule has 1 N–H and O–H groups in total. The van der Waals surface area contributed by atoms with Gasteiger partial charge in [-0.3, -0.25) is 0 Å². The van der Waals surface area contributed by atoms with Gasteiger partial charge < -0.3 is 10.2 Å². The number of hydrogen-bond acceptors (Lipinski definition) is 2. The standard InChI is InChI=1S/C16H25FN2/c1-18-12-15-7-4-10-19(13-15)9-3-6-14-5-2-8-16(17)11-14/h2,5,8,11,15,18H,3-4,6-7,9-10,12-13H2,1H3. The minimum absolute atomic E-state index is 0.121. The lowest BCUT2D eigenvalue weighted by Gasteiger charge is -2.32. The van der Waals surface area contributed by atoms with E-state index in [0.29, 0.717) is 0 Å². The van der Waals surface area contributed by atoms with Crippen molar-refractivity contribution in [3.63, 3.8) is 0 Å². The Balaban J connectivity index is 1.70. The molecule has 0 amide bonds. The van der Waals surface area contributed by atoms with E-state index in [1.165, 1.54) is 32.0 Å². The number of benzene rings is 1. The number of likely N-dealkylation sites (tertiary alicyclic amines) is 1. The smallest absolute Gasteiger partial charge is 0.123 e. The van der Waals surface area contributed by atoms with Crippen molar-refractivity contribution in [1.82, 2.24) is 10.2 Å². The van der Waals surface area contributed by atoms with Gasteiger partial charge in [0.15, 0.2) is 0 Å². The van der Waals surface area contributed by atoms with E-state index in [1.807, 2.05) is 13.1 Å². The van der Waals surface area contributed by atoms with Crippen LogP contribution in [-0.4, -0.2) is 38.1 Å². The molecule has 1 fully saturated rings. The van der Waals surface area contributed by atoms with Crippen LogP contribution in [0.25, 0.3) is 0 Å². The predicted octanol–water partition coefficient (Wildman–Crippen LogP) is 2.69. The van der Waals surface area contributed by atoms with E-state index in [9.17, 15) is 4.39 Å². The third-order valence-corrected chi connectivity index (χ3v) is 3.92. The molecule has 0 spiro atoms. The quantitative estimate of drug-likeness (QED) is 0.850. The Bertz CT molecular complexity index is 379. The summed E-state index contributed by atoms with van der Waals surface area (Å²) < 4.78 is 13.1. The first-order valence-corrected chi connectivity index (χ1v) is 7.39. The second-order valence-corrected chi connectivity index (χ2v) is 5.60. The minimum atomic E-state index is -0.121. The average Bonchev–Trinajstić information content (AvgIpc) is 2.40.